The molecular formula is C26H32ClFO5. The zero-order valence-electron chi connectivity index (χ0n) is 19.7. The first-order valence-corrected chi connectivity index (χ1v) is 12.4. The van der Waals surface area contributed by atoms with E-state index in [1.54, 1.807) is 19.9 Å². The molecule has 0 radical (unpaired) electrons. The maximum atomic E-state index is 17.1. The number of ether oxygens (including phenoxy) is 1. The quantitative estimate of drug-likeness (QED) is 0.422. The molecule has 4 rings (SSSR count). The third-order valence-electron chi connectivity index (χ3n) is 9.21. The van der Waals surface area contributed by atoms with Gasteiger partial charge in [0.2, 0.25) is 0 Å². The predicted molar refractivity (Wildman–Crippen MR) is 121 cm³/mol. The second kappa shape index (κ2) is 7.86. The summed E-state index contributed by atoms with van der Waals surface area (Å²) in [6, 6.07) is 0. The minimum atomic E-state index is -2.19. The lowest BCUT2D eigenvalue weighted by Gasteiger charge is -2.59. The number of allylic oxidation sites excluding steroid dienone is 4. The van der Waals surface area contributed by atoms with Crippen LogP contribution in [-0.4, -0.2) is 40.5 Å². The van der Waals surface area contributed by atoms with Gasteiger partial charge in [-0.2, -0.15) is 0 Å². The number of fused-ring (bicyclic) bond motifs is 5. The molecule has 180 valence electrons. The van der Waals surface area contributed by atoms with Crippen molar-refractivity contribution in [2.24, 2.45) is 28.6 Å². The molecule has 0 saturated heterocycles. The summed E-state index contributed by atoms with van der Waals surface area (Å²) in [6.07, 6.45) is 6.21. The fraction of sp³-hybridized carbons (Fsp3) is 0.692. The number of hydrogen-bond acceptors (Lipinski definition) is 5. The van der Waals surface area contributed by atoms with Gasteiger partial charge in [0.05, 0.1) is 5.88 Å². The molecule has 7 heteroatoms. The fourth-order valence-electron chi connectivity index (χ4n) is 7.66. The Balaban J connectivity index is 1.84. The third kappa shape index (κ3) is 2.95. The Morgan fingerprint density at radius 1 is 1.24 bits per heavy atom. The van der Waals surface area contributed by atoms with E-state index in [2.05, 4.69) is 0 Å². The maximum absolute atomic E-state index is 17.1. The molecule has 0 bridgehead atoms. The number of Topliss-reactive ketones (excluding diaryl/α,β-unsaturated/α-hetero) is 2. The van der Waals surface area contributed by atoms with Crippen molar-refractivity contribution in [2.45, 2.75) is 77.5 Å². The lowest BCUT2D eigenvalue weighted by molar-refractivity contribution is -0.201. The summed E-state index contributed by atoms with van der Waals surface area (Å²) < 4.78 is 23.1. The molecule has 0 aromatic heterocycles. The summed E-state index contributed by atoms with van der Waals surface area (Å²) in [6.45, 7) is 7.19. The first-order valence-electron chi connectivity index (χ1n) is 11.9. The minimum absolute atomic E-state index is 0.153. The molecule has 3 saturated carbocycles. The van der Waals surface area contributed by atoms with Crippen molar-refractivity contribution >= 4 is 34.9 Å². The van der Waals surface area contributed by atoms with E-state index in [1.807, 2.05) is 13.8 Å². The van der Waals surface area contributed by atoms with Crippen molar-refractivity contribution in [1.29, 1.82) is 0 Å². The van der Waals surface area contributed by atoms with Crippen LogP contribution in [0.25, 0.3) is 0 Å². The number of carbonyl (C=O) groups excluding carboxylic acids is 4. The first-order chi connectivity index (χ1) is 15.4. The Morgan fingerprint density at radius 3 is 2.58 bits per heavy atom. The van der Waals surface area contributed by atoms with Gasteiger partial charge in [0, 0.05) is 35.5 Å². The lowest BCUT2D eigenvalue weighted by Crippen LogP contribution is -2.68. The monoisotopic (exact) mass is 478 g/mol. The standard InChI is InChI=1S/C26H32ClFO5/c1-5-6-22(32)33-26(21(31)14-27)15(2)11-19-18-8-7-16-12-17(29)9-10-23(16,3)25(18,28)20(30)13-24(19,26)4/h9-10,12,15,18-19H,5-8,11,13-14H2,1-4H3/t15-,18+,19+,23-,24-,25+,26+/m0/s1. The van der Waals surface area contributed by atoms with Gasteiger partial charge in [-0.3, -0.25) is 19.2 Å². The molecule has 0 aromatic rings. The Kier molecular flexibility index (Phi) is 5.79. The van der Waals surface area contributed by atoms with Crippen molar-refractivity contribution in [3.8, 4) is 0 Å². The smallest absolute Gasteiger partial charge is 0.306 e. The topological polar surface area (TPSA) is 77.5 Å². The van der Waals surface area contributed by atoms with Crippen LogP contribution in [0.5, 0.6) is 0 Å². The zero-order valence-corrected chi connectivity index (χ0v) is 20.5. The summed E-state index contributed by atoms with van der Waals surface area (Å²) in [7, 11) is 0. The van der Waals surface area contributed by atoms with E-state index in [9.17, 15) is 19.2 Å². The molecule has 5 nitrogen and oxygen atoms in total. The van der Waals surface area contributed by atoms with E-state index in [1.165, 1.54) is 12.2 Å². The molecule has 0 heterocycles. The summed E-state index contributed by atoms with van der Waals surface area (Å²) in [5, 5.41) is 0. The van der Waals surface area contributed by atoms with E-state index in [-0.39, 0.29) is 30.4 Å². The normalized spacial score (nSPS) is 43.9. The number of halogens is 2. The van der Waals surface area contributed by atoms with Crippen LogP contribution in [0.2, 0.25) is 0 Å². The van der Waals surface area contributed by atoms with Crippen molar-refractivity contribution in [2.75, 3.05) is 5.88 Å². The van der Waals surface area contributed by atoms with Crippen molar-refractivity contribution in [1.82, 2.24) is 0 Å². The highest BCUT2D eigenvalue weighted by Crippen LogP contribution is 2.70. The summed E-state index contributed by atoms with van der Waals surface area (Å²) in [4.78, 5) is 51.7. The number of esters is 1. The van der Waals surface area contributed by atoms with Gasteiger partial charge in [0.25, 0.3) is 0 Å². The molecular weight excluding hydrogens is 447 g/mol. The molecule has 33 heavy (non-hydrogen) atoms. The van der Waals surface area contributed by atoms with Crippen LogP contribution in [-0.2, 0) is 23.9 Å². The molecule has 0 N–H and O–H groups in total. The van der Waals surface area contributed by atoms with Gasteiger partial charge in [-0.25, -0.2) is 4.39 Å². The number of rotatable bonds is 5. The van der Waals surface area contributed by atoms with Crippen LogP contribution in [0.1, 0.15) is 66.2 Å². The summed E-state index contributed by atoms with van der Waals surface area (Å²) >= 11 is 6.02. The largest absolute Gasteiger partial charge is 0.450 e. The van der Waals surface area contributed by atoms with E-state index in [0.717, 1.165) is 0 Å². The van der Waals surface area contributed by atoms with E-state index < -0.39 is 51.5 Å². The molecule has 4 aliphatic carbocycles. The van der Waals surface area contributed by atoms with Gasteiger partial charge in [0.1, 0.15) is 0 Å². The zero-order chi connectivity index (χ0) is 24.4. The van der Waals surface area contributed by atoms with E-state index in [4.69, 9.17) is 16.3 Å². The molecule has 0 aliphatic heterocycles. The summed E-state index contributed by atoms with van der Waals surface area (Å²) in [5.74, 6) is -3.45. The van der Waals surface area contributed by atoms with Gasteiger partial charge in [0.15, 0.2) is 28.6 Å². The van der Waals surface area contributed by atoms with Gasteiger partial charge in [-0.05, 0) is 50.7 Å². The molecule has 7 atom stereocenters. The van der Waals surface area contributed by atoms with Crippen LogP contribution in [0, 0.1) is 28.6 Å². The van der Waals surface area contributed by atoms with Gasteiger partial charge in [-0.15, -0.1) is 11.6 Å². The Labute approximate surface area is 199 Å². The average molecular weight is 479 g/mol. The summed E-state index contributed by atoms with van der Waals surface area (Å²) in [5.41, 5.74) is -5.35. The van der Waals surface area contributed by atoms with Crippen LogP contribution in [0.4, 0.5) is 4.39 Å². The fourth-order valence-corrected chi connectivity index (χ4v) is 7.86. The van der Waals surface area contributed by atoms with Crippen LogP contribution >= 0.6 is 11.6 Å². The number of carbonyl (C=O) groups is 4. The number of alkyl halides is 2. The number of hydrogen-bond donors (Lipinski definition) is 0. The second-order valence-corrected chi connectivity index (χ2v) is 11.0. The predicted octanol–water partition coefficient (Wildman–Crippen LogP) is 4.70. The highest BCUT2D eigenvalue weighted by Gasteiger charge is 2.77. The van der Waals surface area contributed by atoms with Crippen molar-refractivity contribution in [3.05, 3.63) is 23.8 Å². The van der Waals surface area contributed by atoms with Crippen LogP contribution in [0.15, 0.2) is 23.8 Å². The molecule has 3 fully saturated rings. The highest BCUT2D eigenvalue weighted by atomic mass is 35.5. The van der Waals surface area contributed by atoms with Gasteiger partial charge >= 0.3 is 5.97 Å². The van der Waals surface area contributed by atoms with E-state index in [0.29, 0.717) is 31.3 Å². The molecule has 0 spiro atoms. The first kappa shape index (κ1) is 24.3. The second-order valence-electron chi connectivity index (χ2n) is 10.7. The third-order valence-corrected chi connectivity index (χ3v) is 9.45. The van der Waals surface area contributed by atoms with Crippen molar-refractivity contribution < 1.29 is 28.3 Å². The maximum Gasteiger partial charge on any atom is 0.306 e. The van der Waals surface area contributed by atoms with Crippen LogP contribution in [0.3, 0.4) is 0 Å². The van der Waals surface area contributed by atoms with E-state index >= 15 is 4.39 Å². The number of ketones is 3. The van der Waals surface area contributed by atoms with Gasteiger partial charge < -0.3 is 4.74 Å². The highest BCUT2D eigenvalue weighted by molar-refractivity contribution is 6.29. The molecule has 0 unspecified atom stereocenters. The Morgan fingerprint density at radius 2 is 1.94 bits per heavy atom. The van der Waals surface area contributed by atoms with Crippen molar-refractivity contribution in [3.63, 3.8) is 0 Å². The average Bonchev–Trinajstić information content (AvgIpc) is 2.97. The minimum Gasteiger partial charge on any atom is -0.450 e. The lowest BCUT2D eigenvalue weighted by atomic mass is 9.45. The SMILES string of the molecule is CCCC(=O)O[C@@]1(C(=O)CCl)[C@@H](C)C[C@@H]2[C@H]3CCC4=CC(=O)C=C[C@]4(C)[C@]3(F)C(=O)C[C@@]21C. The Bertz CT molecular complexity index is 987. The molecule has 4 aliphatic rings. The molecule has 0 aromatic carbocycles. The van der Waals surface area contributed by atoms with Crippen LogP contribution < -0.4 is 0 Å². The Hall–Kier alpha value is -1.82. The van der Waals surface area contributed by atoms with Gasteiger partial charge in [-0.1, -0.05) is 32.4 Å². The molecule has 0 amide bonds.